The number of aliphatic hydroxyl groups is 1. The topological polar surface area (TPSA) is 60.9 Å². The summed E-state index contributed by atoms with van der Waals surface area (Å²) in [6.45, 7) is 0.702. The van der Waals surface area contributed by atoms with E-state index in [9.17, 15) is 14.7 Å². The minimum Gasteiger partial charge on any atom is -0.394 e. The van der Waals surface area contributed by atoms with Crippen molar-refractivity contribution in [2.75, 3.05) is 19.7 Å². The van der Waals surface area contributed by atoms with Crippen molar-refractivity contribution in [3.05, 3.63) is 34.3 Å². The van der Waals surface area contributed by atoms with Gasteiger partial charge in [0.15, 0.2) is 0 Å². The van der Waals surface area contributed by atoms with Gasteiger partial charge in [-0.3, -0.25) is 9.59 Å². The zero-order valence-corrected chi connectivity index (χ0v) is 15.0. The number of carbonyl (C=O) groups excluding carboxylic acids is 2. The molecule has 0 bridgehead atoms. The predicted molar refractivity (Wildman–Crippen MR) is 92.3 cm³/mol. The van der Waals surface area contributed by atoms with Crippen LogP contribution in [0.4, 0.5) is 0 Å². The quantitative estimate of drug-likeness (QED) is 0.851. The Morgan fingerprint density at radius 2 is 1.96 bits per heavy atom. The van der Waals surface area contributed by atoms with Crippen molar-refractivity contribution in [3.63, 3.8) is 0 Å². The molecular weight excluding hydrogens is 372 g/mol. The first-order valence-electron chi connectivity index (χ1n) is 8.56. The molecule has 0 spiro atoms. The summed E-state index contributed by atoms with van der Waals surface area (Å²) in [6.07, 6.45) is 3.02. The van der Waals surface area contributed by atoms with E-state index in [-0.39, 0.29) is 48.9 Å². The van der Waals surface area contributed by atoms with Gasteiger partial charge in [0.05, 0.1) is 25.2 Å². The number of fused-ring (bicyclic) bond motifs is 1. The van der Waals surface area contributed by atoms with E-state index in [0.717, 1.165) is 29.3 Å². The van der Waals surface area contributed by atoms with Crippen LogP contribution < -0.4 is 0 Å². The highest BCUT2D eigenvalue weighted by molar-refractivity contribution is 9.10. The van der Waals surface area contributed by atoms with Crippen molar-refractivity contribution in [1.29, 1.82) is 0 Å². The van der Waals surface area contributed by atoms with Crippen molar-refractivity contribution in [2.45, 2.75) is 37.3 Å². The van der Waals surface area contributed by atoms with E-state index in [4.69, 9.17) is 0 Å². The van der Waals surface area contributed by atoms with Crippen LogP contribution in [0, 0.1) is 5.92 Å². The van der Waals surface area contributed by atoms with Crippen LogP contribution in [-0.2, 0) is 9.59 Å². The normalized spacial score (nSPS) is 29.8. The molecule has 1 N–H and O–H groups in total. The number of hydrogen-bond acceptors (Lipinski definition) is 3. The third-order valence-electron chi connectivity index (χ3n) is 5.77. The molecule has 2 heterocycles. The SMILES string of the molecule is O=C(C1CCC1)N1CC(=O)N2[C@@H](CO)[C@H](c3ccc(Br)cc3)[C@@H]2C1. The van der Waals surface area contributed by atoms with E-state index in [1.54, 1.807) is 9.80 Å². The van der Waals surface area contributed by atoms with E-state index in [2.05, 4.69) is 15.9 Å². The molecule has 1 aromatic rings. The summed E-state index contributed by atoms with van der Waals surface area (Å²) < 4.78 is 1.00. The minimum atomic E-state index is -0.176. The van der Waals surface area contributed by atoms with E-state index >= 15 is 0 Å². The van der Waals surface area contributed by atoms with E-state index in [1.807, 2.05) is 24.3 Å². The molecule has 2 saturated heterocycles. The van der Waals surface area contributed by atoms with Crippen LogP contribution in [0.2, 0.25) is 0 Å². The summed E-state index contributed by atoms with van der Waals surface area (Å²) in [7, 11) is 0. The van der Waals surface area contributed by atoms with Crippen LogP contribution >= 0.6 is 15.9 Å². The summed E-state index contributed by atoms with van der Waals surface area (Å²) in [5.41, 5.74) is 1.12. The number of amides is 2. The van der Waals surface area contributed by atoms with Gasteiger partial charge in [0.25, 0.3) is 0 Å². The number of halogens is 1. The summed E-state index contributed by atoms with van der Waals surface area (Å²) >= 11 is 3.44. The van der Waals surface area contributed by atoms with Gasteiger partial charge in [-0.25, -0.2) is 0 Å². The molecule has 2 aliphatic heterocycles. The van der Waals surface area contributed by atoms with Crippen LogP contribution in [0.15, 0.2) is 28.7 Å². The standard InChI is InChI=1S/C18H21BrN2O3/c19-13-6-4-11(5-7-13)17-14-8-20(18(24)12-2-1-3-12)9-16(23)21(14)15(17)10-22/h4-7,12,14-15,17,22H,1-3,8-10H2/t14-,15-,17+/m0/s1. The third-order valence-corrected chi connectivity index (χ3v) is 6.30. The Balaban J connectivity index is 1.56. The average Bonchev–Trinajstić information content (AvgIpc) is 2.49. The first-order chi connectivity index (χ1) is 11.6. The molecule has 1 aliphatic carbocycles. The predicted octanol–water partition coefficient (Wildman–Crippen LogP) is 1.75. The lowest BCUT2D eigenvalue weighted by Gasteiger charge is -2.59. The van der Waals surface area contributed by atoms with Crippen LogP contribution in [0.25, 0.3) is 0 Å². The molecule has 3 aliphatic rings. The smallest absolute Gasteiger partial charge is 0.242 e. The Bertz CT molecular complexity index is 659. The van der Waals surface area contributed by atoms with Gasteiger partial charge >= 0.3 is 0 Å². The Morgan fingerprint density at radius 3 is 2.54 bits per heavy atom. The van der Waals surface area contributed by atoms with Crippen LogP contribution in [0.5, 0.6) is 0 Å². The molecule has 2 amide bonds. The first-order valence-corrected chi connectivity index (χ1v) is 9.35. The van der Waals surface area contributed by atoms with Crippen LogP contribution in [0.1, 0.15) is 30.7 Å². The van der Waals surface area contributed by atoms with Gasteiger partial charge in [-0.15, -0.1) is 0 Å². The van der Waals surface area contributed by atoms with Crippen molar-refractivity contribution in [2.24, 2.45) is 5.92 Å². The van der Waals surface area contributed by atoms with Crippen molar-refractivity contribution in [3.8, 4) is 0 Å². The number of piperazine rings is 1. The van der Waals surface area contributed by atoms with Crippen molar-refractivity contribution >= 4 is 27.7 Å². The number of rotatable bonds is 3. The molecule has 0 aromatic heterocycles. The number of benzene rings is 1. The largest absolute Gasteiger partial charge is 0.394 e. The van der Waals surface area contributed by atoms with E-state index in [0.29, 0.717) is 6.54 Å². The van der Waals surface area contributed by atoms with Crippen molar-refractivity contribution in [1.82, 2.24) is 9.80 Å². The highest BCUT2D eigenvalue weighted by Gasteiger charge is 2.54. The zero-order valence-electron chi connectivity index (χ0n) is 13.4. The lowest BCUT2D eigenvalue weighted by Crippen LogP contribution is -2.73. The van der Waals surface area contributed by atoms with E-state index < -0.39 is 0 Å². The molecule has 1 saturated carbocycles. The number of hydrogen-bond donors (Lipinski definition) is 1. The molecule has 128 valence electrons. The molecule has 4 rings (SSSR count). The summed E-state index contributed by atoms with van der Waals surface area (Å²) in [4.78, 5) is 28.6. The molecule has 0 radical (unpaired) electrons. The maximum Gasteiger partial charge on any atom is 0.242 e. The maximum absolute atomic E-state index is 12.5. The van der Waals surface area contributed by atoms with Gasteiger partial charge in [-0.1, -0.05) is 34.5 Å². The fourth-order valence-electron chi connectivity index (χ4n) is 4.27. The molecule has 3 atom stereocenters. The van der Waals surface area contributed by atoms with Gasteiger partial charge in [0, 0.05) is 22.9 Å². The van der Waals surface area contributed by atoms with Crippen LogP contribution in [0.3, 0.4) is 0 Å². The summed E-state index contributed by atoms with van der Waals surface area (Å²) in [5.74, 6) is 0.302. The lowest BCUT2D eigenvalue weighted by molar-refractivity contribution is -0.169. The second-order valence-electron chi connectivity index (χ2n) is 7.04. The van der Waals surface area contributed by atoms with Gasteiger partial charge in [-0.2, -0.15) is 0 Å². The zero-order chi connectivity index (χ0) is 16.8. The second kappa shape index (κ2) is 6.15. The maximum atomic E-state index is 12.5. The average molecular weight is 393 g/mol. The highest BCUT2D eigenvalue weighted by Crippen LogP contribution is 2.43. The first kappa shape index (κ1) is 16.1. The fraction of sp³-hybridized carbons (Fsp3) is 0.556. The Kier molecular flexibility index (Phi) is 4.12. The number of nitrogens with zero attached hydrogens (tertiary/aromatic N) is 2. The fourth-order valence-corrected chi connectivity index (χ4v) is 4.53. The Hall–Kier alpha value is -1.40. The molecule has 6 heteroatoms. The molecule has 0 unspecified atom stereocenters. The molecule has 3 fully saturated rings. The van der Waals surface area contributed by atoms with Crippen molar-refractivity contribution < 1.29 is 14.7 Å². The summed E-state index contributed by atoms with van der Waals surface area (Å²) in [5, 5.41) is 9.76. The van der Waals surface area contributed by atoms with Crippen LogP contribution in [-0.4, -0.2) is 58.5 Å². The van der Waals surface area contributed by atoms with Gasteiger partial charge < -0.3 is 14.9 Å². The molecule has 1 aromatic carbocycles. The lowest BCUT2D eigenvalue weighted by atomic mass is 9.73. The van der Waals surface area contributed by atoms with E-state index in [1.165, 1.54) is 0 Å². The Morgan fingerprint density at radius 1 is 1.25 bits per heavy atom. The molecule has 24 heavy (non-hydrogen) atoms. The highest BCUT2D eigenvalue weighted by atomic mass is 79.9. The monoisotopic (exact) mass is 392 g/mol. The third kappa shape index (κ3) is 2.47. The summed E-state index contributed by atoms with van der Waals surface area (Å²) in [6, 6.07) is 7.83. The molecule has 5 nitrogen and oxygen atoms in total. The van der Waals surface area contributed by atoms with Gasteiger partial charge in [0.2, 0.25) is 11.8 Å². The minimum absolute atomic E-state index is 0.0198. The second-order valence-corrected chi connectivity index (χ2v) is 7.96. The van der Waals surface area contributed by atoms with Gasteiger partial charge in [-0.05, 0) is 30.5 Å². The Labute approximate surface area is 149 Å². The van der Waals surface area contributed by atoms with Gasteiger partial charge in [0.1, 0.15) is 0 Å². The number of aliphatic hydroxyl groups excluding tert-OH is 1. The molecular formula is C18H21BrN2O3. The number of carbonyl (C=O) groups is 2.